The Balaban J connectivity index is 2.25. The van der Waals surface area contributed by atoms with Crippen molar-refractivity contribution in [2.75, 3.05) is 13.1 Å². The Morgan fingerprint density at radius 2 is 1.80 bits per heavy atom. The molecular weight excluding hydrogens is 122 g/mol. The van der Waals surface area contributed by atoms with Crippen molar-refractivity contribution in [2.24, 2.45) is 0 Å². The highest BCUT2D eigenvalue weighted by molar-refractivity contribution is 4.95. The quantitative estimate of drug-likeness (QED) is 0.525. The standard InChI is InChI=1S/C9H14N/c1-2-3-7-10-8-5-4-6-9-10/h1-3,7H,4-6,8-9H2/b2-1?,7-3+. The summed E-state index contributed by atoms with van der Waals surface area (Å²) in [7, 11) is 0. The van der Waals surface area contributed by atoms with Crippen molar-refractivity contribution in [3.8, 4) is 0 Å². The lowest BCUT2D eigenvalue weighted by molar-refractivity contribution is 0.309. The summed E-state index contributed by atoms with van der Waals surface area (Å²) >= 11 is 0. The molecule has 1 aliphatic rings. The first-order chi connectivity index (χ1) is 4.93. The van der Waals surface area contributed by atoms with Crippen molar-refractivity contribution in [1.29, 1.82) is 0 Å². The molecule has 0 atom stereocenters. The second-order valence-electron chi connectivity index (χ2n) is 2.63. The topological polar surface area (TPSA) is 3.24 Å². The minimum absolute atomic E-state index is 1.20. The molecule has 0 N–H and O–H groups in total. The molecule has 1 nitrogen and oxygen atoms in total. The maximum absolute atomic E-state index is 5.21. The predicted octanol–water partition coefficient (Wildman–Crippen LogP) is 1.98. The average molecular weight is 136 g/mol. The van der Waals surface area contributed by atoms with E-state index in [1.165, 1.54) is 32.4 Å². The Morgan fingerprint density at radius 3 is 2.40 bits per heavy atom. The number of rotatable bonds is 2. The smallest absolute Gasteiger partial charge is 0.0172 e. The molecule has 1 heteroatoms. The zero-order chi connectivity index (χ0) is 7.23. The van der Waals surface area contributed by atoms with E-state index in [1.807, 2.05) is 6.08 Å². The molecule has 1 heterocycles. The van der Waals surface area contributed by atoms with E-state index in [4.69, 9.17) is 6.58 Å². The van der Waals surface area contributed by atoms with E-state index in [1.54, 1.807) is 6.08 Å². The van der Waals surface area contributed by atoms with Gasteiger partial charge < -0.3 is 4.90 Å². The Bertz CT molecular complexity index is 121. The second-order valence-corrected chi connectivity index (χ2v) is 2.63. The minimum atomic E-state index is 1.20. The molecule has 0 aromatic carbocycles. The molecule has 0 amide bonds. The van der Waals surface area contributed by atoms with Gasteiger partial charge in [0.15, 0.2) is 0 Å². The molecule has 0 bridgehead atoms. The van der Waals surface area contributed by atoms with Gasteiger partial charge in [-0.2, -0.15) is 0 Å². The zero-order valence-corrected chi connectivity index (χ0v) is 6.29. The van der Waals surface area contributed by atoms with Crippen molar-refractivity contribution in [1.82, 2.24) is 4.90 Å². The number of hydrogen-bond donors (Lipinski definition) is 0. The molecule has 1 aliphatic heterocycles. The van der Waals surface area contributed by atoms with Gasteiger partial charge in [0.05, 0.1) is 0 Å². The summed E-state index contributed by atoms with van der Waals surface area (Å²) in [5.74, 6) is 0. The van der Waals surface area contributed by atoms with Crippen LogP contribution in [-0.2, 0) is 0 Å². The van der Waals surface area contributed by atoms with Crippen LogP contribution in [0.2, 0.25) is 0 Å². The van der Waals surface area contributed by atoms with E-state index in [0.717, 1.165) is 0 Å². The molecule has 0 aromatic heterocycles. The van der Waals surface area contributed by atoms with Crippen LogP contribution in [0.1, 0.15) is 19.3 Å². The van der Waals surface area contributed by atoms with Gasteiger partial charge in [0.2, 0.25) is 0 Å². The van der Waals surface area contributed by atoms with Crippen LogP contribution in [0.3, 0.4) is 0 Å². The van der Waals surface area contributed by atoms with Crippen molar-refractivity contribution < 1.29 is 0 Å². The second kappa shape index (κ2) is 4.15. The van der Waals surface area contributed by atoms with E-state index in [2.05, 4.69) is 11.1 Å². The summed E-state index contributed by atoms with van der Waals surface area (Å²) < 4.78 is 0. The van der Waals surface area contributed by atoms with Crippen molar-refractivity contribution in [3.05, 3.63) is 24.9 Å². The fourth-order valence-electron chi connectivity index (χ4n) is 1.24. The first-order valence-electron chi connectivity index (χ1n) is 3.89. The summed E-state index contributed by atoms with van der Waals surface area (Å²) in [6.07, 6.45) is 9.58. The molecule has 55 valence electrons. The number of likely N-dealkylation sites (tertiary alicyclic amines) is 1. The van der Waals surface area contributed by atoms with E-state index in [-0.39, 0.29) is 0 Å². The van der Waals surface area contributed by atoms with Gasteiger partial charge in [-0.05, 0) is 31.5 Å². The average Bonchev–Trinajstić information content (AvgIpc) is 2.03. The molecule has 1 fully saturated rings. The van der Waals surface area contributed by atoms with Crippen LogP contribution >= 0.6 is 0 Å². The van der Waals surface area contributed by atoms with Crippen molar-refractivity contribution in [2.45, 2.75) is 19.3 Å². The normalized spacial score (nSPS) is 19.8. The van der Waals surface area contributed by atoms with E-state index < -0.39 is 0 Å². The number of piperidine rings is 1. The fraction of sp³-hybridized carbons (Fsp3) is 0.556. The van der Waals surface area contributed by atoms with Gasteiger partial charge in [0.1, 0.15) is 0 Å². The highest BCUT2D eigenvalue weighted by atomic mass is 15.1. The molecular formula is C9H14N. The third-order valence-electron chi connectivity index (χ3n) is 1.80. The van der Waals surface area contributed by atoms with Gasteiger partial charge in [0, 0.05) is 13.1 Å². The van der Waals surface area contributed by atoms with Crippen LogP contribution in [0.15, 0.2) is 18.4 Å². The molecule has 1 saturated heterocycles. The Morgan fingerprint density at radius 1 is 1.10 bits per heavy atom. The van der Waals surface area contributed by atoms with Crippen LogP contribution in [0.25, 0.3) is 0 Å². The van der Waals surface area contributed by atoms with Gasteiger partial charge in [-0.1, -0.05) is 12.7 Å². The Hall–Kier alpha value is -0.720. The van der Waals surface area contributed by atoms with Gasteiger partial charge >= 0.3 is 0 Å². The molecule has 1 radical (unpaired) electrons. The molecule has 0 unspecified atom stereocenters. The highest BCUT2D eigenvalue weighted by Gasteiger charge is 2.03. The summed E-state index contributed by atoms with van der Waals surface area (Å²) in [4.78, 5) is 2.31. The lowest BCUT2D eigenvalue weighted by Crippen LogP contribution is -2.23. The van der Waals surface area contributed by atoms with Gasteiger partial charge in [-0.25, -0.2) is 0 Å². The molecule has 1 rings (SSSR count). The van der Waals surface area contributed by atoms with E-state index in [0.29, 0.717) is 0 Å². The Kier molecular flexibility index (Phi) is 3.07. The summed E-state index contributed by atoms with van der Waals surface area (Å²) in [5, 5.41) is 0. The van der Waals surface area contributed by atoms with Crippen LogP contribution in [-0.4, -0.2) is 18.0 Å². The Labute approximate surface area is 63.0 Å². The van der Waals surface area contributed by atoms with Crippen LogP contribution in [0, 0.1) is 6.58 Å². The lowest BCUT2D eigenvalue weighted by Gasteiger charge is -2.24. The summed E-state index contributed by atoms with van der Waals surface area (Å²) in [5.41, 5.74) is 0. The lowest BCUT2D eigenvalue weighted by atomic mass is 10.1. The van der Waals surface area contributed by atoms with E-state index >= 15 is 0 Å². The third kappa shape index (κ3) is 2.26. The molecule has 0 aliphatic carbocycles. The minimum Gasteiger partial charge on any atom is -0.377 e. The monoisotopic (exact) mass is 136 g/mol. The van der Waals surface area contributed by atoms with E-state index in [9.17, 15) is 0 Å². The molecule has 0 spiro atoms. The largest absolute Gasteiger partial charge is 0.377 e. The number of allylic oxidation sites excluding steroid dienone is 2. The van der Waals surface area contributed by atoms with Crippen molar-refractivity contribution >= 4 is 0 Å². The third-order valence-corrected chi connectivity index (χ3v) is 1.80. The maximum atomic E-state index is 5.21. The molecule has 0 aromatic rings. The summed E-state index contributed by atoms with van der Waals surface area (Å²) in [6, 6.07) is 0. The first kappa shape index (κ1) is 7.39. The van der Waals surface area contributed by atoms with Crippen LogP contribution in [0.5, 0.6) is 0 Å². The number of nitrogens with zero attached hydrogens (tertiary/aromatic N) is 1. The SMILES string of the molecule is [CH]=C/C=C/N1CCCCC1. The van der Waals surface area contributed by atoms with Gasteiger partial charge in [0.25, 0.3) is 0 Å². The van der Waals surface area contributed by atoms with Crippen LogP contribution < -0.4 is 0 Å². The highest BCUT2D eigenvalue weighted by Crippen LogP contribution is 2.08. The van der Waals surface area contributed by atoms with Crippen molar-refractivity contribution in [3.63, 3.8) is 0 Å². The van der Waals surface area contributed by atoms with Gasteiger partial charge in [-0.3, -0.25) is 0 Å². The maximum Gasteiger partial charge on any atom is 0.0172 e. The summed E-state index contributed by atoms with van der Waals surface area (Å²) in [6.45, 7) is 7.60. The predicted molar refractivity (Wildman–Crippen MR) is 43.4 cm³/mol. The zero-order valence-electron chi connectivity index (χ0n) is 6.29. The van der Waals surface area contributed by atoms with Gasteiger partial charge in [-0.15, -0.1) is 0 Å². The number of hydrogen-bond acceptors (Lipinski definition) is 1. The first-order valence-corrected chi connectivity index (χ1v) is 3.89. The van der Waals surface area contributed by atoms with Crippen LogP contribution in [0.4, 0.5) is 0 Å². The molecule has 10 heavy (non-hydrogen) atoms. The molecule has 0 saturated carbocycles. The fourth-order valence-corrected chi connectivity index (χ4v) is 1.24.